The van der Waals surface area contributed by atoms with Gasteiger partial charge in [-0.15, -0.1) is 0 Å². The molecular formula is C55H90O6. The zero-order chi connectivity index (χ0) is 44.4. The molecule has 0 fully saturated rings. The maximum Gasteiger partial charge on any atom is 0.306 e. The topological polar surface area (TPSA) is 78.9 Å². The number of unbranched alkanes of at least 4 members (excludes halogenated alkanes) is 16. The van der Waals surface area contributed by atoms with E-state index in [-0.39, 0.29) is 37.5 Å². The van der Waals surface area contributed by atoms with E-state index in [2.05, 4.69) is 118 Å². The van der Waals surface area contributed by atoms with Crippen molar-refractivity contribution >= 4 is 17.9 Å². The first kappa shape index (κ1) is 57.3. The first-order valence-electron chi connectivity index (χ1n) is 24.7. The molecule has 0 amide bonds. The SMILES string of the molecule is CC/C=C\C/C=C\C/C=C\C/C=C\C/C=C\CCCC(=O)OCC(COC(=O)CCC/C=C\CCCCCC)OC(=O)CCCCCCCCC/C=C\C/C=C\CCCCC. The molecule has 0 aromatic heterocycles. The minimum absolute atomic E-state index is 0.115. The Bertz CT molecular complexity index is 1250. The number of carbonyl (C=O) groups excluding carboxylic acids is 3. The average molecular weight is 847 g/mol. The summed E-state index contributed by atoms with van der Waals surface area (Å²) in [6, 6.07) is 0. The Kier molecular flexibility index (Phi) is 46.0. The summed E-state index contributed by atoms with van der Waals surface area (Å²) in [5.74, 6) is -1.02. The molecule has 346 valence electrons. The van der Waals surface area contributed by atoms with Gasteiger partial charge in [-0.05, 0) is 109 Å². The predicted molar refractivity (Wildman–Crippen MR) is 260 cm³/mol. The highest BCUT2D eigenvalue weighted by molar-refractivity contribution is 5.71. The summed E-state index contributed by atoms with van der Waals surface area (Å²) in [7, 11) is 0. The van der Waals surface area contributed by atoms with Gasteiger partial charge in [-0.25, -0.2) is 0 Å². The molecule has 0 aliphatic rings. The third-order valence-corrected chi connectivity index (χ3v) is 10.0. The van der Waals surface area contributed by atoms with E-state index in [1.165, 1.54) is 77.0 Å². The van der Waals surface area contributed by atoms with Gasteiger partial charge in [0.05, 0.1) is 0 Å². The average Bonchev–Trinajstić information content (AvgIpc) is 3.26. The summed E-state index contributed by atoms with van der Waals surface area (Å²) in [5.41, 5.74) is 0. The van der Waals surface area contributed by atoms with Gasteiger partial charge in [0.15, 0.2) is 6.10 Å². The summed E-state index contributed by atoms with van der Waals surface area (Å²) in [5, 5.41) is 0. The summed E-state index contributed by atoms with van der Waals surface area (Å²) < 4.78 is 16.7. The molecule has 0 saturated heterocycles. The van der Waals surface area contributed by atoms with Crippen molar-refractivity contribution in [2.45, 2.75) is 219 Å². The van der Waals surface area contributed by atoms with E-state index in [1.807, 2.05) is 0 Å². The van der Waals surface area contributed by atoms with Crippen molar-refractivity contribution < 1.29 is 28.6 Å². The van der Waals surface area contributed by atoms with Crippen molar-refractivity contribution in [1.29, 1.82) is 0 Å². The maximum absolute atomic E-state index is 12.8. The number of esters is 3. The van der Waals surface area contributed by atoms with Crippen LogP contribution in [0.2, 0.25) is 0 Å². The van der Waals surface area contributed by atoms with Crippen molar-refractivity contribution in [2.24, 2.45) is 0 Å². The molecule has 0 heterocycles. The molecule has 0 spiro atoms. The normalized spacial score (nSPS) is 12.9. The third-order valence-electron chi connectivity index (χ3n) is 10.0. The van der Waals surface area contributed by atoms with Gasteiger partial charge < -0.3 is 14.2 Å². The fourth-order valence-electron chi connectivity index (χ4n) is 6.33. The first-order valence-corrected chi connectivity index (χ1v) is 24.7. The van der Waals surface area contributed by atoms with Crippen LogP contribution < -0.4 is 0 Å². The van der Waals surface area contributed by atoms with E-state index >= 15 is 0 Å². The van der Waals surface area contributed by atoms with Crippen LogP contribution in [0.25, 0.3) is 0 Å². The number of rotatable bonds is 43. The van der Waals surface area contributed by atoms with Crippen molar-refractivity contribution in [3.05, 3.63) is 97.2 Å². The third kappa shape index (κ3) is 47.2. The second-order valence-electron chi connectivity index (χ2n) is 16.0. The Hall–Kier alpha value is -3.67. The maximum atomic E-state index is 12.8. The number of hydrogen-bond donors (Lipinski definition) is 0. The van der Waals surface area contributed by atoms with Crippen LogP contribution >= 0.6 is 0 Å². The lowest BCUT2D eigenvalue weighted by molar-refractivity contribution is -0.167. The summed E-state index contributed by atoms with van der Waals surface area (Å²) >= 11 is 0. The quantitative estimate of drug-likeness (QED) is 0.0263. The van der Waals surface area contributed by atoms with Crippen molar-refractivity contribution in [1.82, 2.24) is 0 Å². The zero-order valence-electron chi connectivity index (χ0n) is 39.4. The minimum Gasteiger partial charge on any atom is -0.462 e. The molecule has 0 aliphatic carbocycles. The van der Waals surface area contributed by atoms with E-state index < -0.39 is 6.10 Å². The molecule has 0 aromatic rings. The van der Waals surface area contributed by atoms with Gasteiger partial charge in [-0.2, -0.15) is 0 Å². The Morgan fingerprint density at radius 1 is 0.344 bits per heavy atom. The van der Waals surface area contributed by atoms with E-state index in [1.54, 1.807) is 0 Å². The lowest BCUT2D eigenvalue weighted by atomic mass is 10.1. The smallest absolute Gasteiger partial charge is 0.306 e. The first-order chi connectivity index (χ1) is 30.0. The largest absolute Gasteiger partial charge is 0.462 e. The zero-order valence-corrected chi connectivity index (χ0v) is 39.4. The van der Waals surface area contributed by atoms with Crippen LogP contribution in [0.1, 0.15) is 213 Å². The van der Waals surface area contributed by atoms with E-state index in [0.29, 0.717) is 25.7 Å². The highest BCUT2D eigenvalue weighted by Gasteiger charge is 2.19. The van der Waals surface area contributed by atoms with Crippen LogP contribution in [0.15, 0.2) is 97.2 Å². The van der Waals surface area contributed by atoms with Gasteiger partial charge in [0.1, 0.15) is 13.2 Å². The Balaban J connectivity index is 4.48. The molecule has 0 saturated carbocycles. The van der Waals surface area contributed by atoms with Gasteiger partial charge >= 0.3 is 17.9 Å². The highest BCUT2D eigenvalue weighted by atomic mass is 16.6. The number of allylic oxidation sites excluding steroid dienone is 16. The molecule has 0 aliphatic heterocycles. The van der Waals surface area contributed by atoms with Crippen LogP contribution in [-0.4, -0.2) is 37.2 Å². The molecular weight excluding hydrogens is 757 g/mol. The van der Waals surface area contributed by atoms with E-state index in [0.717, 1.165) is 83.5 Å². The fraction of sp³-hybridized carbons (Fsp3) is 0.655. The minimum atomic E-state index is -0.815. The van der Waals surface area contributed by atoms with Gasteiger partial charge in [0.25, 0.3) is 0 Å². The van der Waals surface area contributed by atoms with Crippen LogP contribution in [0.5, 0.6) is 0 Å². The van der Waals surface area contributed by atoms with Crippen molar-refractivity contribution in [3.63, 3.8) is 0 Å². The molecule has 61 heavy (non-hydrogen) atoms. The number of hydrogen-bond acceptors (Lipinski definition) is 6. The lowest BCUT2D eigenvalue weighted by Crippen LogP contribution is -2.30. The second kappa shape index (κ2) is 49.0. The summed E-state index contributed by atoms with van der Waals surface area (Å²) in [6.07, 6.45) is 64.0. The summed E-state index contributed by atoms with van der Waals surface area (Å²) in [6.45, 7) is 6.36. The number of ether oxygens (including phenoxy) is 3. The molecule has 6 nitrogen and oxygen atoms in total. The van der Waals surface area contributed by atoms with Crippen LogP contribution in [0.4, 0.5) is 0 Å². The molecule has 0 radical (unpaired) electrons. The monoisotopic (exact) mass is 847 g/mol. The standard InChI is InChI=1S/C55H90O6/c1-4-7-10-13-16-19-21-23-25-27-29-31-33-36-39-42-45-48-54(57)60-51-52(50-59-53(56)47-44-41-38-35-18-15-12-9-6-3)61-55(58)49-46-43-40-37-34-32-30-28-26-24-22-20-17-14-11-8-5-2/h7,10,16-17,19-20,23-26,29,31,35-36,38-39,52H,4-6,8-9,11-15,18,21-22,27-28,30,32-34,37,40-51H2,1-3H3/b10-7-,19-16-,20-17-,25-23-,26-24-,31-29-,38-35-,39-36-. The van der Waals surface area contributed by atoms with Gasteiger partial charge in [-0.3, -0.25) is 14.4 Å². The second-order valence-corrected chi connectivity index (χ2v) is 16.0. The van der Waals surface area contributed by atoms with E-state index in [4.69, 9.17) is 14.2 Å². The molecule has 1 unspecified atom stereocenters. The molecule has 1 atom stereocenters. The Morgan fingerprint density at radius 3 is 1.10 bits per heavy atom. The lowest BCUT2D eigenvalue weighted by Gasteiger charge is -2.18. The van der Waals surface area contributed by atoms with E-state index in [9.17, 15) is 14.4 Å². The van der Waals surface area contributed by atoms with Crippen LogP contribution in [0.3, 0.4) is 0 Å². The van der Waals surface area contributed by atoms with Gasteiger partial charge in [-0.1, -0.05) is 182 Å². The molecule has 0 bridgehead atoms. The highest BCUT2D eigenvalue weighted by Crippen LogP contribution is 2.12. The molecule has 6 heteroatoms. The number of carbonyl (C=O) groups is 3. The molecule has 0 N–H and O–H groups in total. The van der Waals surface area contributed by atoms with Gasteiger partial charge in [0.2, 0.25) is 0 Å². The molecule has 0 aromatic carbocycles. The van der Waals surface area contributed by atoms with Crippen LogP contribution in [0, 0.1) is 0 Å². The van der Waals surface area contributed by atoms with Crippen LogP contribution in [-0.2, 0) is 28.6 Å². The Labute approximate surface area is 375 Å². The Morgan fingerprint density at radius 2 is 0.656 bits per heavy atom. The predicted octanol–water partition coefficient (Wildman–Crippen LogP) is 16.2. The van der Waals surface area contributed by atoms with Gasteiger partial charge in [0, 0.05) is 19.3 Å². The summed E-state index contributed by atoms with van der Waals surface area (Å²) in [4.78, 5) is 37.8. The van der Waals surface area contributed by atoms with Crippen molar-refractivity contribution in [3.8, 4) is 0 Å². The van der Waals surface area contributed by atoms with Crippen molar-refractivity contribution in [2.75, 3.05) is 13.2 Å². The molecule has 0 rings (SSSR count). The fourth-order valence-corrected chi connectivity index (χ4v) is 6.33.